The molecule has 0 aromatic heterocycles. The predicted octanol–water partition coefficient (Wildman–Crippen LogP) is 0.872. The minimum atomic E-state index is 0.167. The molecule has 5 nitrogen and oxygen atoms in total. The van der Waals surface area contributed by atoms with Gasteiger partial charge >= 0.3 is 0 Å². The van der Waals surface area contributed by atoms with Gasteiger partial charge in [0, 0.05) is 46.3 Å². The van der Waals surface area contributed by atoms with Gasteiger partial charge in [0.2, 0.25) is 5.91 Å². The monoisotopic (exact) mass is 319 g/mol. The number of likely N-dealkylation sites (N-methyl/N-ethyl adjacent to an activating group) is 1. The number of carbonyl (C=O) groups is 1. The third-order valence-corrected chi connectivity index (χ3v) is 4.57. The first-order valence-electron chi connectivity index (χ1n) is 8.35. The molecule has 0 atom stereocenters. The summed E-state index contributed by atoms with van der Waals surface area (Å²) >= 11 is 0. The van der Waals surface area contributed by atoms with E-state index in [2.05, 4.69) is 41.8 Å². The first kappa shape index (κ1) is 17.9. The summed E-state index contributed by atoms with van der Waals surface area (Å²) in [7, 11) is 1.88. The van der Waals surface area contributed by atoms with E-state index in [-0.39, 0.29) is 12.5 Å². The lowest BCUT2D eigenvalue weighted by Crippen LogP contribution is -2.50. The summed E-state index contributed by atoms with van der Waals surface area (Å²) in [5.74, 6) is 0.167. The van der Waals surface area contributed by atoms with Crippen molar-refractivity contribution in [1.29, 1.82) is 0 Å². The van der Waals surface area contributed by atoms with Crippen molar-refractivity contribution in [3.8, 4) is 0 Å². The molecule has 1 aliphatic heterocycles. The van der Waals surface area contributed by atoms with Crippen LogP contribution in [-0.4, -0.2) is 78.6 Å². The number of rotatable bonds is 6. The molecule has 1 N–H and O–H groups in total. The van der Waals surface area contributed by atoms with E-state index in [1.807, 2.05) is 11.9 Å². The highest BCUT2D eigenvalue weighted by molar-refractivity contribution is 5.78. The van der Waals surface area contributed by atoms with Crippen molar-refractivity contribution in [2.24, 2.45) is 0 Å². The van der Waals surface area contributed by atoms with Crippen molar-refractivity contribution in [3.05, 3.63) is 34.9 Å². The van der Waals surface area contributed by atoms with Crippen molar-refractivity contribution in [3.63, 3.8) is 0 Å². The maximum atomic E-state index is 12.4. The molecule has 23 heavy (non-hydrogen) atoms. The van der Waals surface area contributed by atoms with E-state index in [9.17, 15) is 4.79 Å². The molecule has 1 saturated heterocycles. The Morgan fingerprint density at radius 2 is 1.83 bits per heavy atom. The molecule has 0 radical (unpaired) electrons. The van der Waals surface area contributed by atoms with Crippen molar-refractivity contribution < 1.29 is 9.90 Å². The molecule has 0 bridgehead atoms. The number of nitrogens with zero attached hydrogens (tertiary/aromatic N) is 3. The van der Waals surface area contributed by atoms with Gasteiger partial charge in [-0.2, -0.15) is 0 Å². The predicted molar refractivity (Wildman–Crippen MR) is 92.4 cm³/mol. The van der Waals surface area contributed by atoms with Crippen molar-refractivity contribution >= 4 is 5.91 Å². The van der Waals surface area contributed by atoms with E-state index < -0.39 is 0 Å². The van der Waals surface area contributed by atoms with Gasteiger partial charge in [-0.15, -0.1) is 0 Å². The van der Waals surface area contributed by atoms with Crippen LogP contribution in [0.1, 0.15) is 16.7 Å². The Kier molecular flexibility index (Phi) is 6.57. The molecular formula is C18H29N3O2. The molecule has 0 unspecified atom stereocenters. The Bertz CT molecular complexity index is 525. The van der Waals surface area contributed by atoms with Gasteiger partial charge in [0.05, 0.1) is 13.2 Å². The van der Waals surface area contributed by atoms with Gasteiger partial charge in [0.1, 0.15) is 0 Å². The highest BCUT2D eigenvalue weighted by atomic mass is 16.3. The molecular weight excluding hydrogens is 290 g/mol. The number of benzene rings is 1. The third kappa shape index (κ3) is 5.30. The lowest BCUT2D eigenvalue weighted by atomic mass is 10.1. The molecule has 0 aliphatic carbocycles. The molecule has 128 valence electrons. The fraction of sp³-hybridized carbons (Fsp3) is 0.611. The zero-order valence-corrected chi connectivity index (χ0v) is 14.6. The second-order valence-corrected chi connectivity index (χ2v) is 6.52. The molecule has 2 rings (SSSR count). The molecule has 1 amide bonds. The van der Waals surface area contributed by atoms with Crippen LogP contribution in [0, 0.1) is 13.8 Å². The fourth-order valence-corrected chi connectivity index (χ4v) is 2.99. The van der Waals surface area contributed by atoms with Gasteiger partial charge in [-0.05, 0) is 25.0 Å². The van der Waals surface area contributed by atoms with E-state index in [4.69, 9.17) is 5.11 Å². The van der Waals surface area contributed by atoms with Gasteiger partial charge in [-0.25, -0.2) is 0 Å². The second-order valence-electron chi connectivity index (χ2n) is 6.52. The molecule has 0 spiro atoms. The number of hydrogen-bond donors (Lipinski definition) is 1. The highest BCUT2D eigenvalue weighted by Crippen LogP contribution is 2.13. The number of piperazine rings is 1. The van der Waals surface area contributed by atoms with E-state index in [1.54, 1.807) is 0 Å². The summed E-state index contributed by atoms with van der Waals surface area (Å²) < 4.78 is 0. The molecule has 1 heterocycles. The van der Waals surface area contributed by atoms with Crippen LogP contribution in [-0.2, 0) is 11.3 Å². The van der Waals surface area contributed by atoms with Crippen molar-refractivity contribution in [2.75, 3.05) is 52.9 Å². The molecule has 1 aliphatic rings. The van der Waals surface area contributed by atoms with Gasteiger partial charge in [0.15, 0.2) is 0 Å². The van der Waals surface area contributed by atoms with Gasteiger partial charge in [-0.1, -0.05) is 23.8 Å². The van der Waals surface area contributed by atoms with E-state index >= 15 is 0 Å². The smallest absolute Gasteiger partial charge is 0.236 e. The van der Waals surface area contributed by atoms with Crippen LogP contribution in [0.4, 0.5) is 0 Å². The van der Waals surface area contributed by atoms with E-state index in [0.29, 0.717) is 13.1 Å². The summed E-state index contributed by atoms with van der Waals surface area (Å²) in [6.45, 7) is 9.90. The first-order chi connectivity index (χ1) is 11.0. The number of aliphatic hydroxyl groups is 1. The maximum absolute atomic E-state index is 12.4. The standard InChI is InChI=1S/C18H29N3O2/c1-15-4-5-17(16(2)12-15)13-19(3)18(23)14-21-8-6-20(7-9-21)10-11-22/h4-5,12,22H,6-11,13-14H2,1-3H3. The third-order valence-electron chi connectivity index (χ3n) is 4.57. The van der Waals surface area contributed by atoms with Crippen molar-refractivity contribution in [2.45, 2.75) is 20.4 Å². The SMILES string of the molecule is Cc1ccc(CN(C)C(=O)CN2CCN(CCO)CC2)c(C)c1. The van der Waals surface area contributed by atoms with Crippen LogP contribution >= 0.6 is 0 Å². The zero-order valence-electron chi connectivity index (χ0n) is 14.6. The lowest BCUT2D eigenvalue weighted by Gasteiger charge is -2.34. The quantitative estimate of drug-likeness (QED) is 0.845. The number of hydrogen-bond acceptors (Lipinski definition) is 4. The van der Waals surface area contributed by atoms with Gasteiger partial charge < -0.3 is 10.0 Å². The van der Waals surface area contributed by atoms with Crippen LogP contribution in [0.15, 0.2) is 18.2 Å². The average Bonchev–Trinajstić information content (AvgIpc) is 2.52. The Balaban J connectivity index is 1.81. The Labute approximate surface area is 139 Å². The summed E-state index contributed by atoms with van der Waals surface area (Å²) in [4.78, 5) is 18.7. The zero-order chi connectivity index (χ0) is 16.8. The van der Waals surface area contributed by atoms with Crippen molar-refractivity contribution in [1.82, 2.24) is 14.7 Å². The van der Waals surface area contributed by atoms with Gasteiger partial charge in [0.25, 0.3) is 0 Å². The highest BCUT2D eigenvalue weighted by Gasteiger charge is 2.20. The molecule has 1 aromatic carbocycles. The normalized spacial score (nSPS) is 16.5. The van der Waals surface area contributed by atoms with E-state index in [0.717, 1.165) is 32.7 Å². The largest absolute Gasteiger partial charge is 0.395 e. The number of amides is 1. The summed E-state index contributed by atoms with van der Waals surface area (Å²) in [6, 6.07) is 6.37. The number of aryl methyl sites for hydroxylation is 2. The second kappa shape index (κ2) is 8.43. The average molecular weight is 319 g/mol. The summed E-state index contributed by atoms with van der Waals surface area (Å²) in [5, 5.41) is 8.97. The Morgan fingerprint density at radius 3 is 2.43 bits per heavy atom. The van der Waals surface area contributed by atoms with Crippen LogP contribution < -0.4 is 0 Å². The van der Waals surface area contributed by atoms with E-state index in [1.165, 1.54) is 16.7 Å². The fourth-order valence-electron chi connectivity index (χ4n) is 2.99. The summed E-state index contributed by atoms with van der Waals surface area (Å²) in [5.41, 5.74) is 3.70. The maximum Gasteiger partial charge on any atom is 0.236 e. The molecule has 5 heteroatoms. The topological polar surface area (TPSA) is 47.0 Å². The number of carbonyl (C=O) groups excluding carboxylic acids is 1. The van der Waals surface area contributed by atoms with Crippen LogP contribution in [0.25, 0.3) is 0 Å². The lowest BCUT2D eigenvalue weighted by molar-refractivity contribution is -0.132. The first-order valence-corrected chi connectivity index (χ1v) is 8.35. The number of β-amino-alcohol motifs (C(OH)–C–C–N with tert-alkyl or cyclic N) is 1. The van der Waals surface area contributed by atoms with Gasteiger partial charge in [-0.3, -0.25) is 14.6 Å². The van der Waals surface area contributed by atoms with Crippen LogP contribution in [0.2, 0.25) is 0 Å². The summed E-state index contributed by atoms with van der Waals surface area (Å²) in [6.07, 6.45) is 0. The Hall–Kier alpha value is -1.43. The molecule has 1 aromatic rings. The number of aliphatic hydroxyl groups excluding tert-OH is 1. The Morgan fingerprint density at radius 1 is 1.17 bits per heavy atom. The molecule has 0 saturated carbocycles. The minimum absolute atomic E-state index is 0.167. The minimum Gasteiger partial charge on any atom is -0.395 e. The van der Waals surface area contributed by atoms with Crippen LogP contribution in [0.3, 0.4) is 0 Å². The van der Waals surface area contributed by atoms with Crippen LogP contribution in [0.5, 0.6) is 0 Å². The molecule has 1 fully saturated rings.